The van der Waals surface area contributed by atoms with Crippen molar-refractivity contribution in [1.29, 1.82) is 0 Å². The van der Waals surface area contributed by atoms with Crippen LogP contribution in [0.2, 0.25) is 0 Å². The number of nitrogens with zero attached hydrogens (tertiary/aromatic N) is 4. The Labute approximate surface area is 187 Å². The minimum Gasteiger partial charge on any atom is -0.322 e. The van der Waals surface area contributed by atoms with Crippen LogP contribution < -0.4 is 10.9 Å². The molecule has 8 heteroatoms. The standard InChI is InChI=1S/C24H19N5O2S/c1-28-22(31)19-9-5-6-10-20(19)29-23(28)26-27-24(29)32-15-16-11-13-17(14-12-16)21(30)25-18-7-3-2-4-8-18/h2-14H,15H2,1H3,(H,25,30). The fraction of sp³-hybridized carbons (Fsp3) is 0.0833. The van der Waals surface area contributed by atoms with Gasteiger partial charge in [0.1, 0.15) is 0 Å². The van der Waals surface area contributed by atoms with Crippen LogP contribution in [0.5, 0.6) is 0 Å². The van der Waals surface area contributed by atoms with Gasteiger partial charge in [-0.1, -0.05) is 54.2 Å². The smallest absolute Gasteiger partial charge is 0.262 e. The molecule has 0 atom stereocenters. The maximum atomic E-state index is 12.6. The van der Waals surface area contributed by atoms with Crippen molar-refractivity contribution in [2.75, 3.05) is 5.32 Å². The van der Waals surface area contributed by atoms with E-state index in [1.165, 1.54) is 16.3 Å². The molecule has 5 aromatic rings. The van der Waals surface area contributed by atoms with Crippen molar-refractivity contribution in [2.45, 2.75) is 10.9 Å². The summed E-state index contributed by atoms with van der Waals surface area (Å²) in [5, 5.41) is 12.7. The van der Waals surface area contributed by atoms with Crippen LogP contribution in [0.1, 0.15) is 15.9 Å². The highest BCUT2D eigenvalue weighted by Crippen LogP contribution is 2.24. The van der Waals surface area contributed by atoms with Crippen LogP contribution >= 0.6 is 11.8 Å². The lowest BCUT2D eigenvalue weighted by Gasteiger charge is -2.08. The maximum Gasteiger partial charge on any atom is 0.262 e. The molecule has 1 amide bonds. The molecule has 0 bridgehead atoms. The number of amides is 1. The molecule has 0 radical (unpaired) electrons. The Balaban J connectivity index is 1.36. The van der Waals surface area contributed by atoms with E-state index in [0.29, 0.717) is 27.6 Å². The average molecular weight is 442 g/mol. The fourth-order valence-corrected chi connectivity index (χ4v) is 4.43. The molecule has 0 saturated carbocycles. The number of hydrogen-bond donors (Lipinski definition) is 1. The van der Waals surface area contributed by atoms with Gasteiger partial charge in [-0.2, -0.15) is 0 Å². The maximum absolute atomic E-state index is 12.6. The van der Waals surface area contributed by atoms with E-state index in [1.54, 1.807) is 7.05 Å². The number of anilines is 1. The summed E-state index contributed by atoms with van der Waals surface area (Å²) >= 11 is 1.53. The van der Waals surface area contributed by atoms with Crippen molar-refractivity contribution in [2.24, 2.45) is 7.05 Å². The molecule has 0 spiro atoms. The lowest BCUT2D eigenvalue weighted by molar-refractivity contribution is 0.102. The normalized spacial score (nSPS) is 11.2. The second-order valence-corrected chi connectivity index (χ2v) is 8.25. The summed E-state index contributed by atoms with van der Waals surface area (Å²) in [7, 11) is 1.70. The second-order valence-electron chi connectivity index (χ2n) is 7.31. The van der Waals surface area contributed by atoms with Crippen LogP contribution in [-0.2, 0) is 12.8 Å². The number of hydrogen-bond acceptors (Lipinski definition) is 5. The number of aromatic nitrogens is 4. The fourth-order valence-electron chi connectivity index (χ4n) is 3.53. The summed E-state index contributed by atoms with van der Waals surface area (Å²) in [5.74, 6) is 1.01. The van der Waals surface area contributed by atoms with Crippen LogP contribution in [-0.4, -0.2) is 25.1 Å². The third kappa shape index (κ3) is 3.65. The van der Waals surface area contributed by atoms with E-state index in [0.717, 1.165) is 16.8 Å². The van der Waals surface area contributed by atoms with Gasteiger partial charge >= 0.3 is 0 Å². The Hall–Kier alpha value is -3.91. The first-order chi connectivity index (χ1) is 15.6. The lowest BCUT2D eigenvalue weighted by Crippen LogP contribution is -2.20. The number of nitrogens with one attached hydrogen (secondary N) is 1. The molecular formula is C24H19N5O2S. The first-order valence-electron chi connectivity index (χ1n) is 10.0. The van der Waals surface area contributed by atoms with E-state index in [-0.39, 0.29) is 11.5 Å². The molecule has 0 unspecified atom stereocenters. The molecule has 7 nitrogen and oxygen atoms in total. The molecule has 0 saturated heterocycles. The van der Waals surface area contributed by atoms with Crippen molar-refractivity contribution in [3.05, 3.63) is 100 Å². The van der Waals surface area contributed by atoms with Crippen molar-refractivity contribution < 1.29 is 4.79 Å². The predicted octanol–water partition coefficient (Wildman–Crippen LogP) is 4.13. The van der Waals surface area contributed by atoms with Gasteiger partial charge in [0.15, 0.2) is 5.16 Å². The largest absolute Gasteiger partial charge is 0.322 e. The van der Waals surface area contributed by atoms with Crippen LogP contribution in [0.3, 0.4) is 0 Å². The van der Waals surface area contributed by atoms with Gasteiger partial charge in [0.05, 0.1) is 10.9 Å². The van der Waals surface area contributed by atoms with Gasteiger partial charge in [-0.05, 0) is 42.0 Å². The van der Waals surface area contributed by atoms with E-state index in [1.807, 2.05) is 83.3 Å². The molecule has 158 valence electrons. The van der Waals surface area contributed by atoms with E-state index in [9.17, 15) is 9.59 Å². The molecule has 5 rings (SSSR count). The molecule has 32 heavy (non-hydrogen) atoms. The number of benzene rings is 3. The summed E-state index contributed by atoms with van der Waals surface area (Å²) in [4.78, 5) is 25.0. The Kier molecular flexibility index (Phi) is 5.20. The molecule has 2 aromatic heterocycles. The number of rotatable bonds is 5. The van der Waals surface area contributed by atoms with Gasteiger partial charge in [-0.15, -0.1) is 10.2 Å². The highest BCUT2D eigenvalue weighted by molar-refractivity contribution is 7.98. The molecule has 2 heterocycles. The topological polar surface area (TPSA) is 81.3 Å². The van der Waals surface area contributed by atoms with Gasteiger partial charge < -0.3 is 5.32 Å². The number of para-hydroxylation sites is 2. The zero-order valence-corrected chi connectivity index (χ0v) is 18.0. The molecule has 0 aliphatic carbocycles. The summed E-state index contributed by atoms with van der Waals surface area (Å²) in [6.07, 6.45) is 0. The zero-order chi connectivity index (χ0) is 22.1. The second kappa shape index (κ2) is 8.32. The molecule has 3 aromatic carbocycles. The number of aryl methyl sites for hydroxylation is 1. The number of thioether (sulfide) groups is 1. The predicted molar refractivity (Wildman–Crippen MR) is 126 cm³/mol. The number of carbonyl (C=O) groups excluding carboxylic acids is 1. The summed E-state index contributed by atoms with van der Waals surface area (Å²) in [6, 6.07) is 24.3. The van der Waals surface area contributed by atoms with Crippen LogP contribution in [0.4, 0.5) is 5.69 Å². The van der Waals surface area contributed by atoms with Crippen LogP contribution in [0.15, 0.2) is 88.8 Å². The van der Waals surface area contributed by atoms with E-state index in [2.05, 4.69) is 15.5 Å². The van der Waals surface area contributed by atoms with Gasteiger partial charge in [-0.25, -0.2) is 0 Å². The third-order valence-electron chi connectivity index (χ3n) is 5.21. The molecule has 0 fully saturated rings. The summed E-state index contributed by atoms with van der Waals surface area (Å²) in [6.45, 7) is 0. The quantitative estimate of drug-likeness (QED) is 0.415. The minimum absolute atomic E-state index is 0.0959. The summed E-state index contributed by atoms with van der Waals surface area (Å²) < 4.78 is 3.42. The van der Waals surface area contributed by atoms with Gasteiger partial charge in [-0.3, -0.25) is 18.6 Å². The van der Waals surface area contributed by atoms with Gasteiger partial charge in [0, 0.05) is 24.1 Å². The highest BCUT2D eigenvalue weighted by Gasteiger charge is 2.15. The number of fused-ring (bicyclic) bond motifs is 3. The number of carbonyl (C=O) groups is 1. The van der Waals surface area contributed by atoms with Crippen molar-refractivity contribution >= 4 is 40.0 Å². The molecule has 0 aliphatic heterocycles. The van der Waals surface area contributed by atoms with E-state index >= 15 is 0 Å². The van der Waals surface area contributed by atoms with Crippen LogP contribution in [0.25, 0.3) is 16.7 Å². The average Bonchev–Trinajstić information content (AvgIpc) is 3.26. The lowest BCUT2D eigenvalue weighted by atomic mass is 10.1. The first kappa shape index (κ1) is 20.0. The monoisotopic (exact) mass is 441 g/mol. The Morgan fingerprint density at radius 3 is 2.44 bits per heavy atom. The van der Waals surface area contributed by atoms with Gasteiger partial charge in [0.2, 0.25) is 5.78 Å². The molecular weight excluding hydrogens is 422 g/mol. The molecule has 1 N–H and O–H groups in total. The summed E-state index contributed by atoms with van der Waals surface area (Å²) in [5.41, 5.74) is 3.10. The van der Waals surface area contributed by atoms with E-state index < -0.39 is 0 Å². The highest BCUT2D eigenvalue weighted by atomic mass is 32.2. The Bertz CT molecular complexity index is 1490. The van der Waals surface area contributed by atoms with Crippen molar-refractivity contribution in [1.82, 2.24) is 19.2 Å². The Morgan fingerprint density at radius 1 is 0.938 bits per heavy atom. The Morgan fingerprint density at radius 2 is 1.66 bits per heavy atom. The third-order valence-corrected chi connectivity index (χ3v) is 6.21. The first-order valence-corrected chi connectivity index (χ1v) is 11.0. The SMILES string of the molecule is Cn1c(=O)c2ccccc2n2c(SCc3ccc(C(=O)Nc4ccccc4)cc3)nnc12. The van der Waals surface area contributed by atoms with Crippen LogP contribution in [0, 0.1) is 0 Å². The van der Waals surface area contributed by atoms with Crippen molar-refractivity contribution in [3.63, 3.8) is 0 Å². The van der Waals surface area contributed by atoms with Gasteiger partial charge in [0.25, 0.3) is 11.5 Å². The van der Waals surface area contributed by atoms with Crippen molar-refractivity contribution in [3.8, 4) is 0 Å². The molecule has 0 aliphatic rings. The van der Waals surface area contributed by atoms with E-state index in [4.69, 9.17) is 0 Å². The zero-order valence-electron chi connectivity index (χ0n) is 17.2. The minimum atomic E-state index is -0.147.